The van der Waals surface area contributed by atoms with Gasteiger partial charge in [-0.25, -0.2) is 13.1 Å². The second-order valence-corrected chi connectivity index (χ2v) is 9.37. The molecule has 2 bridgehead atoms. The zero-order valence-corrected chi connectivity index (χ0v) is 13.8. The van der Waals surface area contributed by atoms with Crippen LogP contribution in [0.1, 0.15) is 31.1 Å². The molecule has 4 nitrogen and oxygen atoms in total. The molecule has 3 aliphatic rings. The number of sulfonamides is 1. The number of thiophene rings is 1. The molecule has 0 aliphatic heterocycles. The molecule has 1 heterocycles. The van der Waals surface area contributed by atoms with Gasteiger partial charge in [-0.15, -0.1) is 11.3 Å². The highest BCUT2D eigenvalue weighted by molar-refractivity contribution is 7.89. The van der Waals surface area contributed by atoms with E-state index in [2.05, 4.69) is 10.0 Å². The van der Waals surface area contributed by atoms with Gasteiger partial charge in [-0.2, -0.15) is 0 Å². The van der Waals surface area contributed by atoms with Crippen LogP contribution in [0.2, 0.25) is 0 Å². The fourth-order valence-electron chi connectivity index (χ4n) is 4.57. The molecule has 0 radical (unpaired) electrons. The Bertz CT molecular complexity index is 624. The van der Waals surface area contributed by atoms with E-state index in [-0.39, 0.29) is 6.04 Å². The fourth-order valence-corrected chi connectivity index (χ4v) is 7.12. The van der Waals surface area contributed by atoms with Crippen molar-refractivity contribution in [3.05, 3.63) is 16.3 Å². The second-order valence-electron chi connectivity index (χ2n) is 6.66. The van der Waals surface area contributed by atoms with Crippen LogP contribution in [0.15, 0.2) is 16.3 Å². The molecule has 21 heavy (non-hydrogen) atoms. The highest BCUT2D eigenvalue weighted by atomic mass is 32.2. The molecule has 6 heteroatoms. The fraction of sp³-hybridized carbons (Fsp3) is 0.733. The summed E-state index contributed by atoms with van der Waals surface area (Å²) in [5.41, 5.74) is 0. The Labute approximate surface area is 130 Å². The normalized spacial score (nSPS) is 36.9. The first-order valence-corrected chi connectivity index (χ1v) is 10.3. The van der Waals surface area contributed by atoms with Gasteiger partial charge >= 0.3 is 0 Å². The second kappa shape index (κ2) is 5.05. The third kappa shape index (κ3) is 2.36. The maximum atomic E-state index is 12.5. The molecular weight excluding hydrogens is 304 g/mol. The summed E-state index contributed by atoms with van der Waals surface area (Å²) in [4.78, 5) is 1.52. The zero-order chi connectivity index (χ0) is 14.6. The lowest BCUT2D eigenvalue weighted by Gasteiger charge is -2.10. The van der Waals surface area contributed by atoms with E-state index in [1.165, 1.54) is 30.6 Å². The van der Waals surface area contributed by atoms with Crippen molar-refractivity contribution in [3.63, 3.8) is 0 Å². The van der Waals surface area contributed by atoms with E-state index in [4.69, 9.17) is 0 Å². The van der Waals surface area contributed by atoms with Crippen LogP contribution < -0.4 is 10.0 Å². The van der Waals surface area contributed by atoms with Crippen LogP contribution >= 0.6 is 11.3 Å². The van der Waals surface area contributed by atoms with Gasteiger partial charge in [0.05, 0.1) is 4.90 Å². The molecule has 4 atom stereocenters. The Kier molecular flexibility index (Phi) is 3.41. The molecule has 3 saturated carbocycles. The van der Waals surface area contributed by atoms with Crippen molar-refractivity contribution < 1.29 is 8.42 Å². The number of rotatable bonds is 6. The monoisotopic (exact) mass is 326 g/mol. The smallest absolute Gasteiger partial charge is 0.241 e. The summed E-state index contributed by atoms with van der Waals surface area (Å²) in [6, 6.07) is 2.03. The first kappa shape index (κ1) is 14.2. The molecule has 3 fully saturated rings. The maximum Gasteiger partial charge on any atom is 0.241 e. The van der Waals surface area contributed by atoms with Gasteiger partial charge < -0.3 is 5.32 Å². The van der Waals surface area contributed by atoms with Gasteiger partial charge in [0.25, 0.3) is 0 Å². The molecule has 3 aliphatic carbocycles. The zero-order valence-electron chi connectivity index (χ0n) is 12.2. The number of nitrogens with one attached hydrogen (secondary N) is 2. The SMILES string of the molecule is CCNCc1cc(S(=O)(=O)NC2C3C4CCC(C4)C23)cs1. The molecule has 0 amide bonds. The Hall–Kier alpha value is -0.430. The van der Waals surface area contributed by atoms with Crippen LogP contribution in [0, 0.1) is 23.7 Å². The summed E-state index contributed by atoms with van der Waals surface area (Å²) in [5, 5.41) is 5.00. The predicted octanol–water partition coefficient (Wildman–Crippen LogP) is 2.18. The van der Waals surface area contributed by atoms with Crippen LogP contribution in [-0.2, 0) is 16.6 Å². The molecule has 4 rings (SSSR count). The van der Waals surface area contributed by atoms with Crippen LogP contribution in [0.4, 0.5) is 0 Å². The lowest BCUT2D eigenvalue weighted by Crippen LogP contribution is -2.29. The third-order valence-corrected chi connectivity index (χ3v) is 8.04. The van der Waals surface area contributed by atoms with Crippen molar-refractivity contribution in [3.8, 4) is 0 Å². The maximum absolute atomic E-state index is 12.5. The summed E-state index contributed by atoms with van der Waals surface area (Å²) < 4.78 is 28.0. The van der Waals surface area contributed by atoms with Crippen LogP contribution in [0.25, 0.3) is 0 Å². The van der Waals surface area contributed by atoms with Crippen molar-refractivity contribution in [2.45, 2.75) is 43.7 Å². The summed E-state index contributed by atoms with van der Waals surface area (Å²) in [5.74, 6) is 2.86. The van der Waals surface area contributed by atoms with Crippen molar-refractivity contribution >= 4 is 21.4 Å². The minimum atomic E-state index is -3.33. The number of hydrogen-bond donors (Lipinski definition) is 2. The molecule has 116 valence electrons. The predicted molar refractivity (Wildman–Crippen MR) is 83.6 cm³/mol. The first-order chi connectivity index (χ1) is 10.1. The Morgan fingerprint density at radius 2 is 2.00 bits per heavy atom. The van der Waals surface area contributed by atoms with Crippen molar-refractivity contribution in [1.29, 1.82) is 0 Å². The minimum Gasteiger partial charge on any atom is -0.312 e. The van der Waals surface area contributed by atoms with Gasteiger partial charge in [0.2, 0.25) is 10.0 Å². The number of hydrogen-bond acceptors (Lipinski definition) is 4. The van der Waals surface area contributed by atoms with Crippen LogP contribution in [0.5, 0.6) is 0 Å². The van der Waals surface area contributed by atoms with Crippen molar-refractivity contribution in [1.82, 2.24) is 10.0 Å². The van der Waals surface area contributed by atoms with Gasteiger partial charge in [-0.05, 0) is 55.5 Å². The molecule has 0 saturated heterocycles. The topological polar surface area (TPSA) is 58.2 Å². The van der Waals surface area contributed by atoms with E-state index in [1.54, 1.807) is 5.38 Å². The van der Waals surface area contributed by atoms with Gasteiger partial charge in [0.15, 0.2) is 0 Å². The summed E-state index contributed by atoms with van der Waals surface area (Å²) in [6.07, 6.45) is 3.98. The Morgan fingerprint density at radius 1 is 1.29 bits per heavy atom. The van der Waals surface area contributed by atoms with E-state index in [0.29, 0.717) is 16.7 Å². The molecular formula is C15H22N2O2S2. The van der Waals surface area contributed by atoms with Crippen molar-refractivity contribution in [2.24, 2.45) is 23.7 Å². The van der Waals surface area contributed by atoms with Crippen LogP contribution in [0.3, 0.4) is 0 Å². The molecule has 4 unspecified atom stereocenters. The van der Waals surface area contributed by atoms with Gasteiger partial charge in [-0.1, -0.05) is 6.92 Å². The summed E-state index contributed by atoms with van der Waals surface area (Å²) in [6.45, 7) is 3.69. The Balaban J connectivity index is 1.44. The molecule has 1 aromatic heterocycles. The van der Waals surface area contributed by atoms with Crippen LogP contribution in [-0.4, -0.2) is 21.0 Å². The molecule has 2 N–H and O–H groups in total. The average Bonchev–Trinajstić information content (AvgIpc) is 2.92. The van der Waals surface area contributed by atoms with Gasteiger partial charge in [0, 0.05) is 22.8 Å². The quantitative estimate of drug-likeness (QED) is 0.842. The summed E-state index contributed by atoms with van der Waals surface area (Å²) >= 11 is 1.52. The van der Waals surface area contributed by atoms with Gasteiger partial charge in [0.1, 0.15) is 0 Å². The van der Waals surface area contributed by atoms with E-state index in [9.17, 15) is 8.42 Å². The lowest BCUT2D eigenvalue weighted by atomic mass is 10.0. The van der Waals surface area contributed by atoms with Gasteiger partial charge in [-0.3, -0.25) is 0 Å². The van der Waals surface area contributed by atoms with Crippen molar-refractivity contribution in [2.75, 3.05) is 6.54 Å². The lowest BCUT2D eigenvalue weighted by molar-refractivity contribution is 0.456. The summed E-state index contributed by atoms with van der Waals surface area (Å²) in [7, 11) is -3.33. The highest BCUT2D eigenvalue weighted by Gasteiger charge is 2.65. The average molecular weight is 326 g/mol. The van der Waals surface area contributed by atoms with E-state index >= 15 is 0 Å². The first-order valence-electron chi connectivity index (χ1n) is 7.90. The largest absolute Gasteiger partial charge is 0.312 e. The highest BCUT2D eigenvalue weighted by Crippen LogP contribution is 2.65. The molecule has 1 aromatic rings. The minimum absolute atomic E-state index is 0.221. The third-order valence-electron chi connectivity index (χ3n) is 5.52. The van der Waals surface area contributed by atoms with E-state index in [1.807, 2.05) is 13.0 Å². The van der Waals surface area contributed by atoms with E-state index in [0.717, 1.165) is 29.8 Å². The standard InChI is InChI=1S/C15H22N2O2S2/c1-2-16-7-11-6-12(8-20-11)21(18,19)17-15-13-9-3-4-10(5-9)14(13)15/h6,8-10,13-17H,2-5,7H2,1H3. The van der Waals surface area contributed by atoms with E-state index < -0.39 is 10.0 Å². The Morgan fingerprint density at radius 3 is 2.67 bits per heavy atom. The molecule has 0 spiro atoms. The number of fused-ring (bicyclic) bond motifs is 5. The molecule has 0 aromatic carbocycles.